The van der Waals surface area contributed by atoms with Crippen LogP contribution in [0, 0.1) is 0 Å². The number of hydrogen-bond acceptors (Lipinski definition) is 7. The van der Waals surface area contributed by atoms with E-state index in [0.717, 1.165) is 16.9 Å². The Morgan fingerprint density at radius 2 is 1.86 bits per heavy atom. The second kappa shape index (κ2) is 9.32. The van der Waals surface area contributed by atoms with E-state index in [4.69, 9.17) is 4.74 Å². The predicted molar refractivity (Wildman–Crippen MR) is 105 cm³/mol. The van der Waals surface area contributed by atoms with Gasteiger partial charge in [-0.1, -0.05) is 41.7 Å². The molecule has 0 bridgehead atoms. The van der Waals surface area contributed by atoms with Gasteiger partial charge in [-0.15, -0.1) is 0 Å². The molecule has 0 spiro atoms. The van der Waals surface area contributed by atoms with Gasteiger partial charge in [0.05, 0.1) is 13.3 Å². The molecule has 0 aliphatic carbocycles. The van der Waals surface area contributed by atoms with E-state index in [-0.39, 0.29) is 16.4 Å². The van der Waals surface area contributed by atoms with Crippen LogP contribution in [0.25, 0.3) is 0 Å². The Morgan fingerprint density at radius 1 is 1.18 bits per heavy atom. The number of benzene rings is 1. The number of carbonyl (C=O) groups excluding carboxylic acids is 3. The van der Waals surface area contributed by atoms with Gasteiger partial charge in [-0.25, -0.2) is 14.6 Å². The molecule has 0 radical (unpaired) electrons. The average Bonchev–Trinajstić information content (AvgIpc) is 3.08. The van der Waals surface area contributed by atoms with Crippen molar-refractivity contribution in [2.45, 2.75) is 38.8 Å². The quantitative estimate of drug-likeness (QED) is 0.716. The maximum Gasteiger partial charge on any atom is 0.408 e. The number of esters is 1. The zero-order chi connectivity index (χ0) is 20.7. The molecule has 0 aliphatic rings. The molecule has 1 aromatic carbocycles. The minimum atomic E-state index is -0.886. The first-order valence-electron chi connectivity index (χ1n) is 8.56. The van der Waals surface area contributed by atoms with Crippen molar-refractivity contribution in [1.82, 2.24) is 10.3 Å². The molecule has 1 atom stereocenters. The number of amides is 2. The normalized spacial score (nSPS) is 12.0. The number of nitrogens with zero attached hydrogens (tertiary/aromatic N) is 1. The third kappa shape index (κ3) is 6.66. The molecule has 2 amide bonds. The van der Waals surface area contributed by atoms with E-state index in [1.54, 1.807) is 20.8 Å². The number of anilines is 1. The molecule has 2 rings (SSSR count). The molecule has 150 valence electrons. The van der Waals surface area contributed by atoms with Gasteiger partial charge in [0.1, 0.15) is 16.5 Å². The summed E-state index contributed by atoms with van der Waals surface area (Å²) >= 11 is 0.985. The number of alkyl carbamates (subject to hydrolysis) is 1. The van der Waals surface area contributed by atoms with Gasteiger partial charge < -0.3 is 20.1 Å². The fourth-order valence-corrected chi connectivity index (χ4v) is 2.97. The van der Waals surface area contributed by atoms with Gasteiger partial charge in [-0.2, -0.15) is 0 Å². The van der Waals surface area contributed by atoms with Crippen LogP contribution in [0.3, 0.4) is 0 Å². The first-order valence-corrected chi connectivity index (χ1v) is 9.38. The highest BCUT2D eigenvalue weighted by molar-refractivity contribution is 7.17. The van der Waals surface area contributed by atoms with Crippen LogP contribution in [-0.2, 0) is 20.7 Å². The maximum atomic E-state index is 12.7. The molecule has 0 saturated carbocycles. The summed E-state index contributed by atoms with van der Waals surface area (Å²) in [6.45, 7) is 5.22. The lowest BCUT2D eigenvalue weighted by Crippen LogP contribution is -2.47. The van der Waals surface area contributed by atoms with Crippen molar-refractivity contribution < 1.29 is 23.9 Å². The highest BCUT2D eigenvalue weighted by atomic mass is 32.1. The van der Waals surface area contributed by atoms with Crippen molar-refractivity contribution in [1.29, 1.82) is 0 Å². The van der Waals surface area contributed by atoms with Crippen LogP contribution in [0.5, 0.6) is 0 Å². The molecule has 0 saturated heterocycles. The zero-order valence-electron chi connectivity index (χ0n) is 16.1. The summed E-state index contributed by atoms with van der Waals surface area (Å²) in [7, 11) is 1.26. The molecule has 0 fully saturated rings. The Balaban J connectivity index is 2.12. The highest BCUT2D eigenvalue weighted by Crippen LogP contribution is 2.19. The van der Waals surface area contributed by atoms with E-state index in [9.17, 15) is 14.4 Å². The van der Waals surface area contributed by atoms with Crippen LogP contribution in [-0.4, -0.2) is 41.7 Å². The summed E-state index contributed by atoms with van der Waals surface area (Å²) in [5.41, 5.74) is 0.177. The molecule has 1 heterocycles. The van der Waals surface area contributed by atoms with E-state index in [1.165, 1.54) is 13.3 Å². The van der Waals surface area contributed by atoms with Crippen molar-refractivity contribution in [3.63, 3.8) is 0 Å². The topological polar surface area (TPSA) is 107 Å². The summed E-state index contributed by atoms with van der Waals surface area (Å²) in [5.74, 6) is -1.01. The molecule has 1 aromatic heterocycles. The molecule has 28 heavy (non-hydrogen) atoms. The minimum Gasteiger partial charge on any atom is -0.465 e. The van der Waals surface area contributed by atoms with E-state index < -0.39 is 29.6 Å². The smallest absolute Gasteiger partial charge is 0.408 e. The van der Waals surface area contributed by atoms with Crippen molar-refractivity contribution in [3.05, 3.63) is 47.0 Å². The first-order chi connectivity index (χ1) is 13.2. The van der Waals surface area contributed by atoms with Crippen molar-refractivity contribution in [3.8, 4) is 0 Å². The Labute approximate surface area is 167 Å². The third-order valence-corrected chi connectivity index (χ3v) is 4.31. The number of rotatable bonds is 6. The van der Waals surface area contributed by atoms with Crippen molar-refractivity contribution in [2.75, 3.05) is 12.4 Å². The number of methoxy groups -OCH3 is 1. The fraction of sp³-hybridized carbons (Fsp3) is 0.368. The lowest BCUT2D eigenvalue weighted by molar-refractivity contribution is -0.118. The minimum absolute atomic E-state index is 0.231. The summed E-state index contributed by atoms with van der Waals surface area (Å²) in [5, 5.41) is 5.45. The van der Waals surface area contributed by atoms with Gasteiger partial charge in [0.2, 0.25) is 5.91 Å². The van der Waals surface area contributed by atoms with Crippen LogP contribution in [0.15, 0.2) is 36.5 Å². The lowest BCUT2D eigenvalue weighted by atomic mass is 10.1. The van der Waals surface area contributed by atoms with E-state index in [0.29, 0.717) is 0 Å². The standard InChI is InChI=1S/C19H23N3O5S/c1-19(2,3)27-18(25)21-13(10-12-8-6-5-7-9-12)15(23)22-17-20-11-14(28-17)16(24)26-4/h5-9,11,13H,10H2,1-4H3,(H,21,25)(H,20,22,23)/t13-/m0/s1. The fourth-order valence-electron chi connectivity index (χ4n) is 2.23. The summed E-state index contributed by atoms with van der Waals surface area (Å²) < 4.78 is 9.88. The number of thiazole rings is 1. The second-order valence-corrected chi connectivity index (χ2v) is 7.93. The zero-order valence-corrected chi connectivity index (χ0v) is 17.0. The third-order valence-electron chi connectivity index (χ3n) is 3.41. The molecular formula is C19H23N3O5S. The number of carbonyl (C=O) groups is 3. The number of aromatic nitrogens is 1. The molecule has 2 aromatic rings. The van der Waals surface area contributed by atoms with Crippen LogP contribution in [0.1, 0.15) is 36.0 Å². The number of hydrogen-bond donors (Lipinski definition) is 2. The Morgan fingerprint density at radius 3 is 2.46 bits per heavy atom. The second-order valence-electron chi connectivity index (χ2n) is 6.90. The van der Waals surface area contributed by atoms with E-state index >= 15 is 0 Å². The summed E-state index contributed by atoms with van der Waals surface area (Å²) in [6.07, 6.45) is 0.888. The Bertz CT molecular complexity index is 830. The van der Waals surface area contributed by atoms with Gasteiger partial charge in [0.25, 0.3) is 0 Å². The molecular weight excluding hydrogens is 382 g/mol. The average molecular weight is 405 g/mol. The number of nitrogens with one attached hydrogen (secondary N) is 2. The van der Waals surface area contributed by atoms with E-state index in [1.807, 2.05) is 30.3 Å². The first kappa shape index (κ1) is 21.4. The Kier molecular flexibility index (Phi) is 7.11. The SMILES string of the molecule is COC(=O)c1cnc(NC(=O)[C@H](Cc2ccccc2)NC(=O)OC(C)(C)C)s1. The van der Waals surface area contributed by atoms with Crippen molar-refractivity contribution in [2.24, 2.45) is 0 Å². The van der Waals surface area contributed by atoms with Crippen LogP contribution >= 0.6 is 11.3 Å². The van der Waals surface area contributed by atoms with Gasteiger partial charge in [-0.3, -0.25) is 4.79 Å². The monoisotopic (exact) mass is 405 g/mol. The highest BCUT2D eigenvalue weighted by Gasteiger charge is 2.25. The van der Waals surface area contributed by atoms with Crippen LogP contribution in [0.4, 0.5) is 9.93 Å². The van der Waals surface area contributed by atoms with Gasteiger partial charge in [-0.05, 0) is 26.3 Å². The predicted octanol–water partition coefficient (Wildman–Crippen LogP) is 3.00. The molecule has 0 unspecified atom stereocenters. The maximum absolute atomic E-state index is 12.7. The largest absolute Gasteiger partial charge is 0.465 e. The van der Waals surface area contributed by atoms with Gasteiger partial charge in [0.15, 0.2) is 5.13 Å². The van der Waals surface area contributed by atoms with Crippen LogP contribution in [0.2, 0.25) is 0 Å². The summed E-state index contributed by atoms with van der Waals surface area (Å²) in [6, 6.07) is 8.39. The van der Waals surface area contributed by atoms with Gasteiger partial charge in [0, 0.05) is 6.42 Å². The molecule has 9 heteroatoms. The van der Waals surface area contributed by atoms with Gasteiger partial charge >= 0.3 is 12.1 Å². The number of ether oxygens (including phenoxy) is 2. The molecule has 0 aliphatic heterocycles. The van der Waals surface area contributed by atoms with E-state index in [2.05, 4.69) is 20.4 Å². The molecule has 2 N–H and O–H groups in total. The molecule has 8 nitrogen and oxygen atoms in total. The lowest BCUT2D eigenvalue weighted by Gasteiger charge is -2.23. The van der Waals surface area contributed by atoms with Crippen molar-refractivity contribution >= 4 is 34.4 Å². The van der Waals surface area contributed by atoms with Crippen LogP contribution < -0.4 is 10.6 Å². The summed E-state index contributed by atoms with van der Waals surface area (Å²) in [4.78, 5) is 40.7. The Hall–Kier alpha value is -2.94.